The molecule has 0 unspecified atom stereocenters. The summed E-state index contributed by atoms with van der Waals surface area (Å²) >= 11 is 0. The number of furan rings is 1. The van der Waals surface area contributed by atoms with Gasteiger partial charge in [-0.05, 0) is 150 Å². The summed E-state index contributed by atoms with van der Waals surface area (Å²) in [6.07, 6.45) is 0. The van der Waals surface area contributed by atoms with E-state index in [9.17, 15) is 0 Å². The van der Waals surface area contributed by atoms with Crippen molar-refractivity contribution in [3.63, 3.8) is 0 Å². The van der Waals surface area contributed by atoms with Crippen molar-refractivity contribution in [3.05, 3.63) is 206 Å². The number of para-hydroxylation sites is 1. The number of benzene rings is 13. The molecule has 1 nitrogen and oxygen atoms in total. The molecule has 280 valence electrons. The van der Waals surface area contributed by atoms with Crippen LogP contribution in [0.3, 0.4) is 0 Å². The van der Waals surface area contributed by atoms with Gasteiger partial charge in [0, 0.05) is 10.8 Å². The van der Waals surface area contributed by atoms with E-state index in [2.05, 4.69) is 200 Å². The Bertz CT molecular complexity index is 4080. The van der Waals surface area contributed by atoms with Crippen molar-refractivity contribution >= 4 is 97.3 Å². The van der Waals surface area contributed by atoms with E-state index < -0.39 is 0 Å². The Morgan fingerprint density at radius 2 is 0.738 bits per heavy atom. The maximum absolute atomic E-state index is 6.35. The van der Waals surface area contributed by atoms with E-state index in [4.69, 9.17) is 4.42 Å². The Balaban J connectivity index is 1.10. The van der Waals surface area contributed by atoms with Gasteiger partial charge < -0.3 is 4.42 Å². The molecule has 0 atom stereocenters. The van der Waals surface area contributed by atoms with Crippen molar-refractivity contribution in [2.75, 3.05) is 0 Å². The van der Waals surface area contributed by atoms with E-state index >= 15 is 0 Å². The first-order valence-corrected chi connectivity index (χ1v) is 21.2. The predicted octanol–water partition coefficient (Wildman–Crippen LogP) is 17.2. The number of fused-ring (bicyclic) bond motifs is 4. The molecule has 0 amide bonds. The fourth-order valence-corrected chi connectivity index (χ4v) is 10.8. The molecular weight excluding hydrogens is 737 g/mol. The molecule has 14 rings (SSSR count). The highest BCUT2D eigenvalue weighted by atomic mass is 16.3. The molecule has 14 aromatic rings. The second-order valence-corrected chi connectivity index (χ2v) is 16.7. The Morgan fingerprint density at radius 1 is 0.230 bits per heavy atom. The quantitative estimate of drug-likeness (QED) is 0.162. The van der Waals surface area contributed by atoms with Crippen LogP contribution in [0.1, 0.15) is 0 Å². The van der Waals surface area contributed by atoms with Crippen molar-refractivity contribution in [2.45, 2.75) is 0 Å². The number of hydrogen-bond donors (Lipinski definition) is 0. The van der Waals surface area contributed by atoms with Gasteiger partial charge in [0.2, 0.25) is 0 Å². The van der Waals surface area contributed by atoms with Gasteiger partial charge in [-0.25, -0.2) is 0 Å². The lowest BCUT2D eigenvalue weighted by atomic mass is 9.82. The normalized spacial score (nSPS) is 12.3. The molecule has 0 aliphatic rings. The molecule has 0 bridgehead atoms. The summed E-state index contributed by atoms with van der Waals surface area (Å²) in [4.78, 5) is 0. The lowest BCUT2D eigenvalue weighted by Gasteiger charge is -2.21. The van der Waals surface area contributed by atoms with Crippen LogP contribution in [0.15, 0.2) is 211 Å². The van der Waals surface area contributed by atoms with Gasteiger partial charge in [-0.1, -0.05) is 176 Å². The second kappa shape index (κ2) is 12.3. The summed E-state index contributed by atoms with van der Waals surface area (Å²) in [6.45, 7) is 0. The van der Waals surface area contributed by atoms with Crippen LogP contribution in [-0.2, 0) is 0 Å². The molecule has 0 saturated heterocycles. The lowest BCUT2D eigenvalue weighted by molar-refractivity contribution is 0.669. The van der Waals surface area contributed by atoms with E-state index in [0.717, 1.165) is 27.5 Å². The van der Waals surface area contributed by atoms with Gasteiger partial charge >= 0.3 is 0 Å². The molecule has 0 aliphatic carbocycles. The molecule has 0 fully saturated rings. The summed E-state index contributed by atoms with van der Waals surface area (Å²) in [5.74, 6) is 0. The molecule has 0 N–H and O–H groups in total. The highest BCUT2D eigenvalue weighted by Gasteiger charge is 2.22. The zero-order valence-electron chi connectivity index (χ0n) is 33.0. The van der Waals surface area contributed by atoms with E-state index in [1.54, 1.807) is 0 Å². The monoisotopic (exact) mass is 770 g/mol. The third kappa shape index (κ3) is 4.66. The molecule has 1 heteroatoms. The molecule has 0 radical (unpaired) electrons. The minimum Gasteiger partial charge on any atom is -0.456 e. The molecule has 0 spiro atoms. The molecule has 0 aliphatic heterocycles. The lowest BCUT2D eigenvalue weighted by Crippen LogP contribution is -1.94. The summed E-state index contributed by atoms with van der Waals surface area (Å²) in [7, 11) is 0. The van der Waals surface area contributed by atoms with E-state index in [-0.39, 0.29) is 0 Å². The third-order valence-corrected chi connectivity index (χ3v) is 13.5. The number of hydrogen-bond acceptors (Lipinski definition) is 1. The molecule has 13 aromatic carbocycles. The van der Waals surface area contributed by atoms with Crippen LogP contribution in [0.5, 0.6) is 0 Å². The van der Waals surface area contributed by atoms with Crippen LogP contribution < -0.4 is 0 Å². The van der Waals surface area contributed by atoms with Gasteiger partial charge in [0.15, 0.2) is 0 Å². The summed E-state index contributed by atoms with van der Waals surface area (Å²) < 4.78 is 6.35. The van der Waals surface area contributed by atoms with Gasteiger partial charge in [-0.15, -0.1) is 0 Å². The predicted molar refractivity (Wildman–Crippen MR) is 260 cm³/mol. The average molecular weight is 771 g/mol. The first-order chi connectivity index (χ1) is 30.2. The SMILES string of the molecule is c1cc(-c2ccc3oc4ccccc4c3c2)c(-c2cc(-c3ccc4ccc5cccc6ccc3c4c56)c3ccccc3c2)c(-c2ccc3ccc4cccc5ccc2c3c45)c1. The summed E-state index contributed by atoms with van der Waals surface area (Å²) in [5.41, 5.74) is 11.5. The number of rotatable bonds is 4. The fourth-order valence-electron chi connectivity index (χ4n) is 10.8. The van der Waals surface area contributed by atoms with E-state index in [1.165, 1.54) is 114 Å². The second-order valence-electron chi connectivity index (χ2n) is 16.7. The van der Waals surface area contributed by atoms with Crippen molar-refractivity contribution in [3.8, 4) is 44.5 Å². The van der Waals surface area contributed by atoms with Crippen LogP contribution in [0.2, 0.25) is 0 Å². The first kappa shape index (κ1) is 32.9. The van der Waals surface area contributed by atoms with Gasteiger partial charge in [0.25, 0.3) is 0 Å². The highest BCUT2D eigenvalue weighted by molar-refractivity contribution is 6.28. The van der Waals surface area contributed by atoms with Gasteiger partial charge in [0.05, 0.1) is 0 Å². The van der Waals surface area contributed by atoms with Gasteiger partial charge in [-0.2, -0.15) is 0 Å². The summed E-state index contributed by atoms with van der Waals surface area (Å²) in [6, 6.07) is 76.8. The third-order valence-electron chi connectivity index (χ3n) is 13.5. The molecule has 61 heavy (non-hydrogen) atoms. The van der Waals surface area contributed by atoms with Crippen molar-refractivity contribution in [2.24, 2.45) is 0 Å². The van der Waals surface area contributed by atoms with Crippen LogP contribution in [0.4, 0.5) is 0 Å². The van der Waals surface area contributed by atoms with Crippen molar-refractivity contribution < 1.29 is 4.42 Å². The Kier molecular flexibility index (Phi) is 6.62. The maximum atomic E-state index is 6.35. The first-order valence-electron chi connectivity index (χ1n) is 21.2. The Morgan fingerprint density at radius 3 is 1.43 bits per heavy atom. The molecule has 0 saturated carbocycles. The summed E-state index contributed by atoms with van der Waals surface area (Å²) in [5, 5.41) is 20.2. The molecule has 1 heterocycles. The minimum atomic E-state index is 0.899. The smallest absolute Gasteiger partial charge is 0.135 e. The van der Waals surface area contributed by atoms with E-state index in [0.29, 0.717) is 0 Å². The van der Waals surface area contributed by atoms with Crippen LogP contribution in [0, 0.1) is 0 Å². The zero-order chi connectivity index (χ0) is 39.8. The fraction of sp³-hybridized carbons (Fsp3) is 0. The largest absolute Gasteiger partial charge is 0.456 e. The van der Waals surface area contributed by atoms with Crippen LogP contribution in [-0.4, -0.2) is 0 Å². The highest BCUT2D eigenvalue weighted by Crippen LogP contribution is 2.49. The van der Waals surface area contributed by atoms with Crippen LogP contribution in [0.25, 0.3) is 142 Å². The topological polar surface area (TPSA) is 13.1 Å². The molecular formula is C60H34O. The Hall–Kier alpha value is -8.00. The van der Waals surface area contributed by atoms with Crippen molar-refractivity contribution in [1.29, 1.82) is 0 Å². The minimum absolute atomic E-state index is 0.899. The van der Waals surface area contributed by atoms with Gasteiger partial charge in [0.1, 0.15) is 11.2 Å². The maximum Gasteiger partial charge on any atom is 0.135 e. The standard InChI is InChI=1S/C60H34O/c1-2-13-44-41(8-1)32-43(34-52(44)47-28-23-40-21-19-36-10-6-12-38-25-30-51(47)60(40)57(36)38)58-45(42-26-31-55-53(33-42)48-14-3-4-17-54(48)61-55)15-7-16-49(58)46-27-22-39-20-18-35-9-5-11-37-24-29-50(46)59(39)56(35)37/h1-34H. The average Bonchev–Trinajstić information content (AvgIpc) is 3.70. The molecule has 1 aromatic heterocycles. The zero-order valence-corrected chi connectivity index (χ0v) is 33.0. The van der Waals surface area contributed by atoms with E-state index in [1.807, 2.05) is 6.07 Å². The Labute approximate surface area is 351 Å². The van der Waals surface area contributed by atoms with Gasteiger partial charge in [-0.3, -0.25) is 0 Å². The van der Waals surface area contributed by atoms with Crippen LogP contribution >= 0.6 is 0 Å². The van der Waals surface area contributed by atoms with Crippen molar-refractivity contribution in [1.82, 2.24) is 0 Å².